The molecule has 138 valence electrons. The fourth-order valence-corrected chi connectivity index (χ4v) is 3.05. The van der Waals surface area contributed by atoms with Crippen LogP contribution in [0.2, 0.25) is 0 Å². The Hall–Kier alpha value is -3.22. The summed E-state index contributed by atoms with van der Waals surface area (Å²) < 4.78 is 5.46. The van der Waals surface area contributed by atoms with Gasteiger partial charge < -0.3 is 15.2 Å². The largest absolute Gasteiger partial charge is 0.355 e. The highest BCUT2D eigenvalue weighted by molar-refractivity contribution is 6.10. The van der Waals surface area contributed by atoms with Gasteiger partial charge in [-0.05, 0) is 25.8 Å². The quantitative estimate of drug-likeness (QED) is 0.701. The summed E-state index contributed by atoms with van der Waals surface area (Å²) in [6.45, 7) is 2.27. The molecule has 1 aromatic carbocycles. The van der Waals surface area contributed by atoms with Gasteiger partial charge in [-0.15, -0.1) is 0 Å². The van der Waals surface area contributed by atoms with E-state index in [9.17, 15) is 9.59 Å². The minimum absolute atomic E-state index is 0.0821. The van der Waals surface area contributed by atoms with Gasteiger partial charge in [-0.2, -0.15) is 0 Å². The van der Waals surface area contributed by atoms with Gasteiger partial charge >= 0.3 is 0 Å². The molecule has 0 saturated heterocycles. The summed E-state index contributed by atoms with van der Waals surface area (Å²) >= 11 is 0. The topological polar surface area (TPSA) is 97.1 Å². The van der Waals surface area contributed by atoms with E-state index in [4.69, 9.17) is 4.52 Å². The third-order valence-corrected chi connectivity index (χ3v) is 4.54. The lowest BCUT2D eigenvalue weighted by molar-refractivity contribution is -0.120. The van der Waals surface area contributed by atoms with Crippen LogP contribution in [-0.2, 0) is 4.79 Å². The Morgan fingerprint density at radius 2 is 1.96 bits per heavy atom. The number of amides is 2. The molecule has 3 aromatic rings. The molecular formula is C20H20N4O3. The Morgan fingerprint density at radius 3 is 2.67 bits per heavy atom. The number of rotatable bonds is 6. The van der Waals surface area contributed by atoms with E-state index < -0.39 is 0 Å². The lowest BCUT2D eigenvalue weighted by Crippen LogP contribution is -2.36. The number of benzene rings is 1. The summed E-state index contributed by atoms with van der Waals surface area (Å²) in [4.78, 5) is 29.1. The summed E-state index contributed by atoms with van der Waals surface area (Å²) in [5.41, 5.74) is 3.03. The van der Waals surface area contributed by atoms with Crippen LogP contribution in [0.1, 0.15) is 41.7 Å². The van der Waals surface area contributed by atoms with E-state index in [1.807, 2.05) is 37.3 Å². The average molecular weight is 364 g/mol. The van der Waals surface area contributed by atoms with Crippen LogP contribution in [0.15, 0.2) is 40.9 Å². The second-order valence-electron chi connectivity index (χ2n) is 6.58. The van der Waals surface area contributed by atoms with E-state index in [1.165, 1.54) is 0 Å². The van der Waals surface area contributed by atoms with Crippen molar-refractivity contribution in [2.75, 3.05) is 13.1 Å². The molecule has 1 aliphatic carbocycles. The number of nitrogens with one attached hydrogen (secondary N) is 2. The van der Waals surface area contributed by atoms with Crippen LogP contribution >= 0.6 is 0 Å². The molecule has 0 atom stereocenters. The number of nitrogens with zero attached hydrogens (tertiary/aromatic N) is 2. The van der Waals surface area contributed by atoms with Gasteiger partial charge in [-0.25, -0.2) is 4.98 Å². The van der Waals surface area contributed by atoms with Crippen molar-refractivity contribution < 1.29 is 14.1 Å². The normalized spacial score (nSPS) is 13.5. The van der Waals surface area contributed by atoms with Gasteiger partial charge in [0.15, 0.2) is 0 Å². The number of hydrogen-bond acceptors (Lipinski definition) is 5. The second-order valence-corrected chi connectivity index (χ2v) is 6.58. The monoisotopic (exact) mass is 364 g/mol. The van der Waals surface area contributed by atoms with Crippen molar-refractivity contribution in [3.63, 3.8) is 0 Å². The molecule has 0 bridgehead atoms. The van der Waals surface area contributed by atoms with Crippen LogP contribution in [0, 0.1) is 0 Å². The predicted octanol–water partition coefficient (Wildman–Crippen LogP) is 2.63. The summed E-state index contributed by atoms with van der Waals surface area (Å²) in [6, 6.07) is 11.3. The number of fused-ring (bicyclic) bond motifs is 1. The van der Waals surface area contributed by atoms with E-state index >= 15 is 0 Å². The third kappa shape index (κ3) is 3.53. The first-order valence-electron chi connectivity index (χ1n) is 9.08. The molecule has 2 N–H and O–H groups in total. The second kappa shape index (κ2) is 7.19. The fraction of sp³-hybridized carbons (Fsp3) is 0.300. The highest BCUT2D eigenvalue weighted by Crippen LogP contribution is 2.41. The Morgan fingerprint density at radius 1 is 1.19 bits per heavy atom. The zero-order valence-electron chi connectivity index (χ0n) is 15.0. The minimum atomic E-state index is -0.337. The molecule has 0 spiro atoms. The van der Waals surface area contributed by atoms with E-state index in [0.717, 1.165) is 24.1 Å². The molecule has 7 heteroatoms. The van der Waals surface area contributed by atoms with Crippen molar-refractivity contribution >= 4 is 22.9 Å². The Bertz CT molecular complexity index is 993. The smallest absolute Gasteiger partial charge is 0.259 e. The lowest BCUT2D eigenvalue weighted by Gasteiger charge is -2.08. The predicted molar refractivity (Wildman–Crippen MR) is 100 cm³/mol. The van der Waals surface area contributed by atoms with Crippen LogP contribution < -0.4 is 10.6 Å². The SMILES string of the molecule is CCNC(=O)CNC(=O)c1cc(C2CC2)nc2onc(-c3ccccc3)c12. The number of pyridine rings is 1. The van der Waals surface area contributed by atoms with E-state index in [1.54, 1.807) is 6.07 Å². The molecule has 0 aliphatic heterocycles. The van der Waals surface area contributed by atoms with Crippen LogP contribution in [0.25, 0.3) is 22.4 Å². The molecule has 0 radical (unpaired) electrons. The average Bonchev–Trinajstić information content (AvgIpc) is 3.45. The van der Waals surface area contributed by atoms with Crippen LogP contribution in [0.4, 0.5) is 0 Å². The lowest BCUT2D eigenvalue weighted by atomic mass is 10.0. The van der Waals surface area contributed by atoms with E-state index in [2.05, 4.69) is 20.8 Å². The molecule has 1 aliphatic rings. The minimum Gasteiger partial charge on any atom is -0.355 e. The van der Waals surface area contributed by atoms with Gasteiger partial charge in [-0.3, -0.25) is 9.59 Å². The van der Waals surface area contributed by atoms with Crippen molar-refractivity contribution in [1.29, 1.82) is 0 Å². The highest BCUT2D eigenvalue weighted by atomic mass is 16.5. The molecule has 4 rings (SSSR count). The molecule has 0 unspecified atom stereocenters. The molecule has 1 fully saturated rings. The first-order chi connectivity index (χ1) is 13.2. The maximum atomic E-state index is 12.9. The Balaban J connectivity index is 1.75. The maximum Gasteiger partial charge on any atom is 0.259 e. The van der Waals surface area contributed by atoms with Crippen molar-refractivity contribution in [2.45, 2.75) is 25.7 Å². The van der Waals surface area contributed by atoms with Crippen molar-refractivity contribution in [3.05, 3.63) is 47.7 Å². The molecule has 7 nitrogen and oxygen atoms in total. The summed E-state index contributed by atoms with van der Waals surface area (Å²) in [5.74, 6) is -0.210. The number of carbonyl (C=O) groups excluding carboxylic acids is 2. The summed E-state index contributed by atoms with van der Waals surface area (Å²) in [7, 11) is 0. The van der Waals surface area contributed by atoms with Gasteiger partial charge in [0.1, 0.15) is 5.69 Å². The third-order valence-electron chi connectivity index (χ3n) is 4.54. The maximum absolute atomic E-state index is 12.9. The molecule has 2 amide bonds. The number of aromatic nitrogens is 2. The van der Waals surface area contributed by atoms with Crippen LogP contribution in [-0.4, -0.2) is 35.0 Å². The van der Waals surface area contributed by atoms with Gasteiger partial charge in [0.2, 0.25) is 5.91 Å². The number of carbonyl (C=O) groups is 2. The molecule has 1 saturated carbocycles. The van der Waals surface area contributed by atoms with Crippen molar-refractivity contribution in [1.82, 2.24) is 20.8 Å². The van der Waals surface area contributed by atoms with Gasteiger partial charge in [0.25, 0.3) is 11.6 Å². The fourth-order valence-electron chi connectivity index (χ4n) is 3.05. The highest BCUT2D eigenvalue weighted by Gasteiger charge is 2.29. The zero-order valence-corrected chi connectivity index (χ0v) is 15.0. The summed E-state index contributed by atoms with van der Waals surface area (Å²) in [5, 5.41) is 10.1. The van der Waals surface area contributed by atoms with Gasteiger partial charge in [-0.1, -0.05) is 35.5 Å². The zero-order chi connectivity index (χ0) is 18.8. The Kier molecular flexibility index (Phi) is 4.58. The summed E-state index contributed by atoms with van der Waals surface area (Å²) in [6.07, 6.45) is 2.11. The van der Waals surface area contributed by atoms with Gasteiger partial charge in [0, 0.05) is 23.7 Å². The van der Waals surface area contributed by atoms with Crippen LogP contribution in [0.5, 0.6) is 0 Å². The number of hydrogen-bond donors (Lipinski definition) is 2. The van der Waals surface area contributed by atoms with Gasteiger partial charge in [0.05, 0.1) is 17.5 Å². The molecule has 2 aromatic heterocycles. The number of likely N-dealkylation sites (N-methyl/N-ethyl adjacent to an activating group) is 1. The molecule has 2 heterocycles. The molecule has 27 heavy (non-hydrogen) atoms. The molecular weight excluding hydrogens is 344 g/mol. The Labute approximate surface area is 156 Å². The van der Waals surface area contributed by atoms with Crippen molar-refractivity contribution in [3.8, 4) is 11.3 Å². The standard InChI is InChI=1S/C20H20N4O3/c1-2-21-16(25)11-22-19(26)14-10-15(12-8-9-12)23-20-17(14)18(24-27-20)13-6-4-3-5-7-13/h3-7,10,12H,2,8-9,11H2,1H3,(H,21,25)(H,22,26). The van der Waals surface area contributed by atoms with E-state index in [-0.39, 0.29) is 18.4 Å². The first kappa shape index (κ1) is 17.2. The first-order valence-corrected chi connectivity index (χ1v) is 9.08. The van der Waals surface area contributed by atoms with Crippen LogP contribution in [0.3, 0.4) is 0 Å². The van der Waals surface area contributed by atoms with E-state index in [0.29, 0.717) is 34.8 Å². The van der Waals surface area contributed by atoms with Crippen molar-refractivity contribution in [2.24, 2.45) is 0 Å².